The molecule has 2 N–H and O–H groups in total. The fraction of sp³-hybridized carbons (Fsp3) is 0.562. The van der Waals surface area contributed by atoms with Crippen LogP contribution in [0.4, 0.5) is 0 Å². The number of nitrogens with two attached hydrogens (primary N) is 1. The van der Waals surface area contributed by atoms with Crippen LogP contribution in [0, 0.1) is 0 Å². The molecule has 1 fully saturated rings. The van der Waals surface area contributed by atoms with Crippen LogP contribution in [0.5, 0.6) is 0 Å². The summed E-state index contributed by atoms with van der Waals surface area (Å²) in [5.74, 6) is 2.18. The summed E-state index contributed by atoms with van der Waals surface area (Å²) in [7, 11) is 0. The lowest BCUT2D eigenvalue weighted by Crippen LogP contribution is -2.36. The molecule has 1 amide bonds. The van der Waals surface area contributed by atoms with Crippen molar-refractivity contribution in [2.24, 2.45) is 5.73 Å². The Morgan fingerprint density at radius 3 is 2.84 bits per heavy atom. The van der Waals surface area contributed by atoms with E-state index in [2.05, 4.69) is 9.97 Å². The molecule has 0 bridgehead atoms. The van der Waals surface area contributed by atoms with Gasteiger partial charge >= 0.3 is 0 Å². The molecule has 0 aliphatic carbocycles. The van der Waals surface area contributed by atoms with Gasteiger partial charge in [0.15, 0.2) is 11.6 Å². The van der Waals surface area contributed by atoms with Crippen molar-refractivity contribution in [2.75, 3.05) is 19.8 Å². The van der Waals surface area contributed by atoms with Gasteiger partial charge in [-0.15, -0.1) is 12.4 Å². The number of nitrogens with zero attached hydrogens (tertiary/aromatic N) is 3. The van der Waals surface area contributed by atoms with E-state index in [9.17, 15) is 4.79 Å². The number of carbonyl (C=O) groups is 1. The summed E-state index contributed by atoms with van der Waals surface area (Å²) in [5, 5.41) is 0. The molecule has 4 rings (SSSR count). The van der Waals surface area contributed by atoms with Gasteiger partial charge in [-0.1, -0.05) is 0 Å². The topological polar surface area (TPSA) is 108 Å². The molecule has 0 aromatic carbocycles. The Balaban J connectivity index is 0.00000182. The molecule has 0 radical (unpaired) electrons. The lowest BCUT2D eigenvalue weighted by molar-refractivity contribution is 0.0720. The third kappa shape index (κ3) is 3.56. The van der Waals surface area contributed by atoms with Crippen molar-refractivity contribution >= 4 is 18.3 Å². The molecular formula is C16H21ClN4O4. The van der Waals surface area contributed by atoms with Crippen LogP contribution in [0.15, 0.2) is 15.1 Å². The van der Waals surface area contributed by atoms with Gasteiger partial charge in [-0.05, 0) is 12.8 Å². The van der Waals surface area contributed by atoms with Gasteiger partial charge in [0.25, 0.3) is 5.91 Å². The van der Waals surface area contributed by atoms with E-state index in [0.717, 1.165) is 43.4 Å². The van der Waals surface area contributed by atoms with E-state index in [1.54, 1.807) is 4.90 Å². The van der Waals surface area contributed by atoms with Gasteiger partial charge in [0.05, 0.1) is 13.1 Å². The summed E-state index contributed by atoms with van der Waals surface area (Å²) in [6.45, 7) is 2.69. The molecule has 1 saturated heterocycles. The van der Waals surface area contributed by atoms with Gasteiger partial charge in [-0.25, -0.2) is 9.97 Å². The second kappa shape index (κ2) is 7.55. The van der Waals surface area contributed by atoms with Crippen LogP contribution in [-0.4, -0.2) is 40.5 Å². The molecular weight excluding hydrogens is 348 g/mol. The molecule has 2 aromatic heterocycles. The summed E-state index contributed by atoms with van der Waals surface area (Å²) in [4.78, 5) is 23.0. The minimum absolute atomic E-state index is 0. The Bertz CT molecular complexity index is 738. The zero-order chi connectivity index (χ0) is 16.5. The Morgan fingerprint density at radius 2 is 2.12 bits per heavy atom. The van der Waals surface area contributed by atoms with E-state index in [1.165, 1.54) is 6.26 Å². The maximum absolute atomic E-state index is 12.5. The van der Waals surface area contributed by atoms with Crippen LogP contribution in [0.3, 0.4) is 0 Å². The number of carbonyl (C=O) groups excluding carboxylic acids is 1. The molecule has 0 atom stereocenters. The maximum Gasteiger partial charge on any atom is 0.276 e. The number of ether oxygens (including phenoxy) is 1. The van der Waals surface area contributed by atoms with Crippen molar-refractivity contribution < 1.29 is 18.4 Å². The van der Waals surface area contributed by atoms with Crippen molar-refractivity contribution in [3.63, 3.8) is 0 Å². The molecule has 0 spiro atoms. The van der Waals surface area contributed by atoms with Crippen LogP contribution in [0.25, 0.3) is 0 Å². The summed E-state index contributed by atoms with van der Waals surface area (Å²) < 4.78 is 16.5. The normalized spacial score (nSPS) is 17.9. The lowest BCUT2D eigenvalue weighted by atomic mass is 10.0. The molecule has 0 unspecified atom stereocenters. The fourth-order valence-corrected chi connectivity index (χ4v) is 3.18. The maximum atomic E-state index is 12.5. The number of halogens is 1. The van der Waals surface area contributed by atoms with Crippen LogP contribution in [-0.2, 0) is 24.2 Å². The first-order valence-electron chi connectivity index (χ1n) is 8.24. The molecule has 2 aromatic rings. The van der Waals surface area contributed by atoms with Crippen molar-refractivity contribution in [3.05, 3.63) is 35.2 Å². The van der Waals surface area contributed by atoms with E-state index in [4.69, 9.17) is 19.3 Å². The Kier molecular flexibility index (Phi) is 5.41. The van der Waals surface area contributed by atoms with Crippen LogP contribution in [0.1, 0.15) is 52.5 Å². The summed E-state index contributed by atoms with van der Waals surface area (Å²) in [6.07, 6.45) is 3.89. The summed E-state index contributed by atoms with van der Waals surface area (Å²) >= 11 is 0. The average molecular weight is 369 g/mol. The average Bonchev–Trinajstić information content (AvgIpc) is 3.28. The zero-order valence-corrected chi connectivity index (χ0v) is 14.6. The second-order valence-corrected chi connectivity index (χ2v) is 6.12. The lowest BCUT2D eigenvalue weighted by Gasteiger charge is -2.24. The summed E-state index contributed by atoms with van der Waals surface area (Å²) in [5.41, 5.74) is 6.60. The number of hydrogen-bond donors (Lipinski definition) is 1. The molecule has 2 aliphatic heterocycles. The highest BCUT2D eigenvalue weighted by Crippen LogP contribution is 2.30. The SMILES string of the molecule is Cl.NCc1nc(C(=O)N2CCc3oc(C4CCOCC4)nc3C2)co1. The van der Waals surface area contributed by atoms with Crippen molar-refractivity contribution in [1.29, 1.82) is 0 Å². The Hall–Kier alpha value is -1.90. The first-order chi connectivity index (χ1) is 11.7. The first-order valence-corrected chi connectivity index (χ1v) is 8.24. The third-order valence-corrected chi connectivity index (χ3v) is 4.55. The van der Waals surface area contributed by atoms with Gasteiger partial charge < -0.3 is 24.2 Å². The molecule has 8 nitrogen and oxygen atoms in total. The van der Waals surface area contributed by atoms with Crippen LogP contribution in [0.2, 0.25) is 0 Å². The van der Waals surface area contributed by atoms with Gasteiger partial charge in [0.1, 0.15) is 17.7 Å². The predicted octanol–water partition coefficient (Wildman–Crippen LogP) is 1.64. The van der Waals surface area contributed by atoms with E-state index in [1.807, 2.05) is 0 Å². The standard InChI is InChI=1S/C16H20N4O4.ClH/c17-7-14-18-12(9-23-14)16(21)20-4-1-13-11(8-20)19-15(24-13)10-2-5-22-6-3-10;/h9-10H,1-8,17H2;1H. The van der Waals surface area contributed by atoms with Gasteiger partial charge in [0.2, 0.25) is 5.89 Å². The van der Waals surface area contributed by atoms with E-state index < -0.39 is 0 Å². The molecule has 0 saturated carbocycles. The highest BCUT2D eigenvalue weighted by molar-refractivity contribution is 5.92. The third-order valence-electron chi connectivity index (χ3n) is 4.55. The van der Waals surface area contributed by atoms with E-state index in [-0.39, 0.29) is 30.6 Å². The highest BCUT2D eigenvalue weighted by atomic mass is 35.5. The minimum atomic E-state index is -0.167. The molecule has 4 heterocycles. The highest BCUT2D eigenvalue weighted by Gasteiger charge is 2.30. The van der Waals surface area contributed by atoms with Gasteiger partial charge in [0, 0.05) is 32.1 Å². The predicted molar refractivity (Wildman–Crippen MR) is 89.4 cm³/mol. The minimum Gasteiger partial charge on any atom is -0.447 e. The zero-order valence-electron chi connectivity index (χ0n) is 13.8. The number of amides is 1. The largest absolute Gasteiger partial charge is 0.447 e. The smallest absolute Gasteiger partial charge is 0.276 e. The number of aromatic nitrogens is 2. The molecule has 25 heavy (non-hydrogen) atoms. The van der Waals surface area contributed by atoms with E-state index in [0.29, 0.717) is 31.3 Å². The van der Waals surface area contributed by atoms with E-state index >= 15 is 0 Å². The number of oxazole rings is 2. The molecule has 136 valence electrons. The van der Waals surface area contributed by atoms with Crippen LogP contribution >= 0.6 is 12.4 Å². The monoisotopic (exact) mass is 368 g/mol. The van der Waals surface area contributed by atoms with Crippen LogP contribution < -0.4 is 5.73 Å². The first kappa shape index (κ1) is 17.9. The van der Waals surface area contributed by atoms with Crippen molar-refractivity contribution in [1.82, 2.24) is 14.9 Å². The second-order valence-electron chi connectivity index (χ2n) is 6.12. The van der Waals surface area contributed by atoms with Gasteiger partial charge in [-0.2, -0.15) is 0 Å². The van der Waals surface area contributed by atoms with Gasteiger partial charge in [-0.3, -0.25) is 4.79 Å². The van der Waals surface area contributed by atoms with Crippen molar-refractivity contribution in [3.8, 4) is 0 Å². The van der Waals surface area contributed by atoms with Crippen molar-refractivity contribution in [2.45, 2.75) is 38.3 Å². The number of hydrogen-bond acceptors (Lipinski definition) is 7. The Labute approximate surface area is 151 Å². The Morgan fingerprint density at radius 1 is 1.32 bits per heavy atom. The molecule has 9 heteroatoms. The number of fused-ring (bicyclic) bond motifs is 1. The summed E-state index contributed by atoms with van der Waals surface area (Å²) in [6, 6.07) is 0. The quantitative estimate of drug-likeness (QED) is 0.877. The number of rotatable bonds is 3. The molecule has 2 aliphatic rings. The fourth-order valence-electron chi connectivity index (χ4n) is 3.18.